The zero-order valence-corrected chi connectivity index (χ0v) is 43.7. The summed E-state index contributed by atoms with van der Waals surface area (Å²) in [5.41, 5.74) is 14.3. The van der Waals surface area contributed by atoms with Crippen LogP contribution in [0.4, 0.5) is 0 Å². The van der Waals surface area contributed by atoms with Gasteiger partial charge in [0.05, 0.1) is 79.2 Å². The van der Waals surface area contributed by atoms with Crippen molar-refractivity contribution in [1.82, 2.24) is 49.1 Å². The second kappa shape index (κ2) is 19.6. The largest absolute Gasteiger partial charge is 0.386 e. The molecule has 14 nitrogen and oxygen atoms in total. The third-order valence-corrected chi connectivity index (χ3v) is 15.5. The van der Waals surface area contributed by atoms with Crippen LogP contribution < -0.4 is 0 Å². The summed E-state index contributed by atoms with van der Waals surface area (Å²) in [4.78, 5) is 10.0. The van der Waals surface area contributed by atoms with E-state index in [1.165, 1.54) is 11.1 Å². The van der Waals surface area contributed by atoms with Gasteiger partial charge in [-0.1, -0.05) is 95.4 Å². The first-order chi connectivity index (χ1) is 35.7. The van der Waals surface area contributed by atoms with Gasteiger partial charge in [-0.25, -0.2) is 9.36 Å². The number of aromatic nitrogens is 10. The van der Waals surface area contributed by atoms with E-state index in [-0.39, 0.29) is 12.1 Å². The topological polar surface area (TPSA) is 156 Å². The number of hydrogen-bond acceptors (Lipinski definition) is 10. The summed E-state index contributed by atoms with van der Waals surface area (Å²) in [5.74, 6) is 0.814. The van der Waals surface area contributed by atoms with E-state index < -0.39 is 11.2 Å². The molecule has 4 aromatic carbocycles. The summed E-state index contributed by atoms with van der Waals surface area (Å²) in [6.07, 6.45) is 7.81. The van der Waals surface area contributed by atoms with Crippen LogP contribution in [-0.4, -0.2) is 85.7 Å². The molecule has 14 heteroatoms. The minimum absolute atomic E-state index is 0.102. The van der Waals surface area contributed by atoms with Crippen molar-refractivity contribution >= 4 is 43.9 Å². The Morgan fingerprint density at radius 1 is 0.514 bits per heavy atom. The predicted octanol–water partition coefficient (Wildman–Crippen LogP) is 11.1. The van der Waals surface area contributed by atoms with Gasteiger partial charge in [0.25, 0.3) is 0 Å². The Bertz CT molecular complexity index is 3350. The number of pyridine rings is 2. The van der Waals surface area contributed by atoms with Crippen molar-refractivity contribution in [3.05, 3.63) is 155 Å². The third kappa shape index (κ3) is 9.07. The number of aryl methyl sites for hydroxylation is 4. The van der Waals surface area contributed by atoms with Crippen molar-refractivity contribution < 1.29 is 19.7 Å². The number of fused-ring (bicyclic) bond motifs is 6. The Morgan fingerprint density at radius 3 is 1.23 bits per heavy atom. The SMILES string of the molecule is Cc1nnn(C)c1-c1cnc2c3ccc(C(C)(C)O)cc3n([C@@H](c3ccccc3)C3CCOCC3)c2c1.Cc1nnn(C)c1-c1cnc2c3ccc(C(C)(C)O)cc3n([C@H](c3ccccc3)C3CCOCC3)c2c1. The molecule has 6 aromatic heterocycles. The van der Waals surface area contributed by atoms with E-state index in [1.54, 1.807) is 0 Å². The van der Waals surface area contributed by atoms with Crippen LogP contribution >= 0.6 is 0 Å². The summed E-state index contributed by atoms with van der Waals surface area (Å²) in [5, 5.41) is 40.9. The monoisotopic (exact) mass is 991 g/mol. The molecule has 380 valence electrons. The van der Waals surface area contributed by atoms with Crippen molar-refractivity contribution in [3.8, 4) is 22.5 Å². The summed E-state index contributed by atoms with van der Waals surface area (Å²) in [6.45, 7) is 14.4. The summed E-state index contributed by atoms with van der Waals surface area (Å²) < 4.78 is 20.1. The van der Waals surface area contributed by atoms with Gasteiger partial charge in [0.1, 0.15) is 0 Å². The smallest absolute Gasteiger partial charge is 0.0960 e. The minimum atomic E-state index is -0.952. The van der Waals surface area contributed by atoms with E-state index in [4.69, 9.17) is 19.4 Å². The standard InChI is InChI=1S/2C30H33N5O2/c2*1-19-28(34(4)33-32-19)22-16-26-27(31-18-22)24-11-10-23(30(2,3)36)17-25(24)35(26)29(20-8-6-5-7-9-20)21-12-14-37-15-13-21/h2*5-11,16-18,21,29,36H,12-15H2,1-4H3/t2*29-/m10/s1. The Labute approximate surface area is 431 Å². The van der Waals surface area contributed by atoms with Crippen LogP contribution in [0.1, 0.15) is 99.1 Å². The van der Waals surface area contributed by atoms with E-state index in [0.29, 0.717) is 11.8 Å². The van der Waals surface area contributed by atoms with Crippen LogP contribution in [0.25, 0.3) is 66.4 Å². The zero-order valence-electron chi connectivity index (χ0n) is 43.7. The van der Waals surface area contributed by atoms with Crippen LogP contribution in [0.3, 0.4) is 0 Å². The number of aliphatic hydroxyl groups is 2. The van der Waals surface area contributed by atoms with Crippen LogP contribution in [0.2, 0.25) is 0 Å². The van der Waals surface area contributed by atoms with Gasteiger partial charge in [0.15, 0.2) is 0 Å². The van der Waals surface area contributed by atoms with Gasteiger partial charge in [-0.3, -0.25) is 9.97 Å². The molecular weight excluding hydrogens is 925 g/mol. The van der Waals surface area contributed by atoms with Gasteiger partial charge < -0.3 is 28.8 Å². The molecule has 0 saturated carbocycles. The molecule has 0 unspecified atom stereocenters. The molecule has 0 amide bonds. The zero-order chi connectivity index (χ0) is 51.5. The first-order valence-corrected chi connectivity index (χ1v) is 26.0. The van der Waals surface area contributed by atoms with Crippen molar-refractivity contribution in [1.29, 1.82) is 0 Å². The molecule has 0 spiro atoms. The maximum atomic E-state index is 10.9. The third-order valence-electron chi connectivity index (χ3n) is 15.5. The second-order valence-electron chi connectivity index (χ2n) is 21.4. The molecule has 0 bridgehead atoms. The van der Waals surface area contributed by atoms with Crippen LogP contribution in [-0.2, 0) is 34.8 Å². The van der Waals surface area contributed by atoms with Crippen molar-refractivity contribution in [2.24, 2.45) is 25.9 Å². The molecule has 8 heterocycles. The molecule has 74 heavy (non-hydrogen) atoms. The normalized spacial score (nSPS) is 16.0. The minimum Gasteiger partial charge on any atom is -0.386 e. The molecule has 2 atom stereocenters. The number of nitrogens with zero attached hydrogens (tertiary/aromatic N) is 10. The van der Waals surface area contributed by atoms with Crippen molar-refractivity contribution in [2.45, 2.75) is 90.5 Å². The van der Waals surface area contributed by atoms with Crippen LogP contribution in [0, 0.1) is 25.7 Å². The summed E-state index contributed by atoms with van der Waals surface area (Å²) in [7, 11) is 3.83. The van der Waals surface area contributed by atoms with Gasteiger partial charge in [-0.15, -0.1) is 10.2 Å². The van der Waals surface area contributed by atoms with Gasteiger partial charge in [0, 0.05) is 74.8 Å². The molecular formula is C60H66N10O4. The Kier molecular flexibility index (Phi) is 13.0. The fourth-order valence-corrected chi connectivity index (χ4v) is 11.8. The highest BCUT2D eigenvalue weighted by Gasteiger charge is 2.33. The lowest BCUT2D eigenvalue weighted by Gasteiger charge is -2.33. The lowest BCUT2D eigenvalue weighted by molar-refractivity contribution is 0.0551. The Morgan fingerprint density at radius 2 is 0.892 bits per heavy atom. The molecule has 2 aliphatic heterocycles. The number of hydrogen-bond donors (Lipinski definition) is 2. The molecule has 2 aliphatic rings. The maximum Gasteiger partial charge on any atom is 0.0960 e. The molecule has 2 N–H and O–H groups in total. The van der Waals surface area contributed by atoms with Gasteiger partial charge in [0.2, 0.25) is 0 Å². The van der Waals surface area contributed by atoms with E-state index in [2.05, 4.69) is 127 Å². The fraction of sp³-hybridized carbons (Fsp3) is 0.367. The summed E-state index contributed by atoms with van der Waals surface area (Å²) >= 11 is 0. The lowest BCUT2D eigenvalue weighted by Crippen LogP contribution is -2.27. The number of ether oxygens (including phenoxy) is 2. The van der Waals surface area contributed by atoms with Crippen molar-refractivity contribution in [3.63, 3.8) is 0 Å². The van der Waals surface area contributed by atoms with E-state index in [9.17, 15) is 10.2 Å². The highest BCUT2D eigenvalue weighted by Crippen LogP contribution is 2.44. The first-order valence-electron chi connectivity index (χ1n) is 26.0. The van der Waals surface area contributed by atoms with Gasteiger partial charge >= 0.3 is 0 Å². The number of benzene rings is 4. The first kappa shape index (κ1) is 49.1. The van der Waals surface area contributed by atoms with Crippen LogP contribution in [0.5, 0.6) is 0 Å². The Hall–Kier alpha value is -7.10. The van der Waals surface area contributed by atoms with E-state index in [1.807, 2.05) is 89.5 Å². The molecule has 10 aromatic rings. The molecule has 0 aliphatic carbocycles. The maximum absolute atomic E-state index is 10.9. The fourth-order valence-electron chi connectivity index (χ4n) is 11.8. The van der Waals surface area contributed by atoms with Gasteiger partial charge in [-0.05, 0) is 126 Å². The highest BCUT2D eigenvalue weighted by molar-refractivity contribution is 6.08. The molecule has 2 fully saturated rings. The molecule has 12 rings (SSSR count). The van der Waals surface area contributed by atoms with E-state index >= 15 is 0 Å². The summed E-state index contributed by atoms with van der Waals surface area (Å²) in [6, 6.07) is 38.7. The lowest BCUT2D eigenvalue weighted by atomic mass is 9.86. The highest BCUT2D eigenvalue weighted by atomic mass is 16.5. The second-order valence-corrected chi connectivity index (χ2v) is 21.4. The van der Waals surface area contributed by atoms with Crippen LogP contribution in [0.15, 0.2) is 122 Å². The predicted molar refractivity (Wildman–Crippen MR) is 291 cm³/mol. The number of rotatable bonds is 10. The quantitative estimate of drug-likeness (QED) is 0.135. The average molecular weight is 991 g/mol. The Balaban J connectivity index is 0.000000159. The van der Waals surface area contributed by atoms with Gasteiger partial charge in [-0.2, -0.15) is 0 Å². The van der Waals surface area contributed by atoms with Crippen molar-refractivity contribution in [2.75, 3.05) is 26.4 Å². The average Bonchev–Trinajstić information content (AvgIpc) is 4.14. The van der Waals surface area contributed by atoms with E-state index in [0.717, 1.165) is 141 Å². The molecule has 0 radical (unpaired) electrons. The molecule has 2 saturated heterocycles.